The van der Waals surface area contributed by atoms with Gasteiger partial charge in [-0.3, -0.25) is 9.59 Å². The Hall–Kier alpha value is -1.01. The van der Waals surface area contributed by atoms with Gasteiger partial charge in [-0.1, -0.05) is 19.3 Å². The monoisotopic (exact) mass is 328 g/mol. The van der Waals surface area contributed by atoms with Gasteiger partial charge in [-0.25, -0.2) is 0 Å². The van der Waals surface area contributed by atoms with Crippen LogP contribution in [0.15, 0.2) is 12.2 Å². The molecule has 22 heavy (non-hydrogen) atoms. The van der Waals surface area contributed by atoms with Crippen LogP contribution in [0.2, 0.25) is 0 Å². The smallest absolute Gasteiger partial charge is 0.303 e. The average Bonchev–Trinajstić information content (AvgIpc) is 2.48. The zero-order valence-electron chi connectivity index (χ0n) is 13.2. The fraction of sp³-hybridized carbons (Fsp3) is 0.750. The Morgan fingerprint density at radius 2 is 1.86 bits per heavy atom. The molecule has 1 aliphatic heterocycles. The Morgan fingerprint density at radius 3 is 2.50 bits per heavy atom. The predicted octanol–water partition coefficient (Wildman–Crippen LogP) is 2.83. The Morgan fingerprint density at radius 1 is 1.14 bits per heavy atom. The highest BCUT2D eigenvalue weighted by Crippen LogP contribution is 2.34. The topological polar surface area (TPSA) is 61.8 Å². The molecule has 124 valence electrons. The summed E-state index contributed by atoms with van der Waals surface area (Å²) >= 11 is 1.81. The van der Waals surface area contributed by atoms with Crippen molar-refractivity contribution in [2.24, 2.45) is 0 Å². The van der Waals surface area contributed by atoms with Crippen molar-refractivity contribution in [2.75, 3.05) is 6.61 Å². The molecule has 0 radical (unpaired) electrons. The number of thioether (sulfide) groups is 1. The molecule has 0 aromatic rings. The number of hydrogen-bond acceptors (Lipinski definition) is 6. The maximum Gasteiger partial charge on any atom is 0.303 e. The second kappa shape index (κ2) is 8.58. The summed E-state index contributed by atoms with van der Waals surface area (Å²) < 4.78 is 16.2. The Kier molecular flexibility index (Phi) is 6.76. The summed E-state index contributed by atoms with van der Waals surface area (Å²) in [6.45, 7) is 2.81. The van der Waals surface area contributed by atoms with E-state index in [-0.39, 0.29) is 24.0 Å². The Labute approximate surface area is 135 Å². The number of carbonyl (C=O) groups excluding carboxylic acids is 2. The van der Waals surface area contributed by atoms with Crippen LogP contribution in [0.25, 0.3) is 0 Å². The predicted molar refractivity (Wildman–Crippen MR) is 84.5 cm³/mol. The molecule has 0 N–H and O–H groups in total. The van der Waals surface area contributed by atoms with Crippen LogP contribution >= 0.6 is 11.8 Å². The highest BCUT2D eigenvalue weighted by Gasteiger charge is 2.32. The number of hydrogen-bond donors (Lipinski definition) is 0. The molecule has 3 atom stereocenters. The third-order valence-electron chi connectivity index (χ3n) is 3.76. The number of rotatable bonds is 5. The summed E-state index contributed by atoms with van der Waals surface area (Å²) in [6.07, 6.45) is 9.17. The molecule has 0 aromatic carbocycles. The van der Waals surface area contributed by atoms with Crippen molar-refractivity contribution >= 4 is 23.7 Å². The van der Waals surface area contributed by atoms with Crippen molar-refractivity contribution in [1.82, 2.24) is 0 Å². The highest BCUT2D eigenvalue weighted by atomic mass is 32.2. The SMILES string of the molecule is CC(=O)OC[C@H]1O[C@H](SC2CCCCC2)C=C[C@@H]1OC(C)=O. The van der Waals surface area contributed by atoms with Crippen molar-refractivity contribution < 1.29 is 23.8 Å². The standard InChI is InChI=1S/C16H24O5S/c1-11(17)19-10-15-14(20-12(2)18)8-9-16(21-15)22-13-6-4-3-5-7-13/h8-9,13-16H,3-7,10H2,1-2H3/t14-,15+,16+/m0/s1. The van der Waals surface area contributed by atoms with E-state index in [1.807, 2.05) is 23.9 Å². The summed E-state index contributed by atoms with van der Waals surface area (Å²) in [7, 11) is 0. The van der Waals surface area contributed by atoms with Gasteiger partial charge in [-0.2, -0.15) is 0 Å². The minimum Gasteiger partial charge on any atom is -0.463 e. The van der Waals surface area contributed by atoms with Crippen LogP contribution in [0, 0.1) is 0 Å². The molecule has 0 saturated heterocycles. The van der Waals surface area contributed by atoms with Gasteiger partial charge in [-0.15, -0.1) is 11.8 Å². The Balaban J connectivity index is 1.93. The number of carbonyl (C=O) groups is 2. The van der Waals surface area contributed by atoms with Gasteiger partial charge < -0.3 is 14.2 Å². The van der Waals surface area contributed by atoms with Crippen LogP contribution in [0.1, 0.15) is 46.0 Å². The van der Waals surface area contributed by atoms with Crippen LogP contribution in [0.4, 0.5) is 0 Å². The van der Waals surface area contributed by atoms with E-state index in [0.29, 0.717) is 5.25 Å². The van der Waals surface area contributed by atoms with E-state index in [1.54, 1.807) is 0 Å². The molecular weight excluding hydrogens is 304 g/mol. The van der Waals surface area contributed by atoms with E-state index in [2.05, 4.69) is 0 Å². The van der Waals surface area contributed by atoms with Gasteiger partial charge >= 0.3 is 11.9 Å². The van der Waals surface area contributed by atoms with E-state index in [1.165, 1.54) is 46.0 Å². The van der Waals surface area contributed by atoms with Gasteiger partial charge in [0, 0.05) is 19.1 Å². The van der Waals surface area contributed by atoms with Crippen LogP contribution in [0.3, 0.4) is 0 Å². The molecule has 2 rings (SSSR count). The lowest BCUT2D eigenvalue weighted by atomic mass is 10.0. The van der Waals surface area contributed by atoms with Gasteiger partial charge in [0.1, 0.15) is 24.3 Å². The molecule has 1 aliphatic carbocycles. The number of ether oxygens (including phenoxy) is 3. The molecule has 0 unspecified atom stereocenters. The lowest BCUT2D eigenvalue weighted by molar-refractivity contribution is -0.160. The fourth-order valence-electron chi connectivity index (χ4n) is 2.73. The van der Waals surface area contributed by atoms with Crippen LogP contribution in [-0.4, -0.2) is 41.4 Å². The van der Waals surface area contributed by atoms with Gasteiger partial charge in [0.25, 0.3) is 0 Å². The molecule has 0 amide bonds. The third kappa shape index (κ3) is 5.65. The number of esters is 2. The third-order valence-corrected chi connectivity index (χ3v) is 5.16. The Bertz CT molecular complexity index is 417. The van der Waals surface area contributed by atoms with Crippen molar-refractivity contribution in [3.8, 4) is 0 Å². The van der Waals surface area contributed by atoms with Crippen molar-refractivity contribution in [3.05, 3.63) is 12.2 Å². The minimum absolute atomic E-state index is 0.0736. The molecule has 1 heterocycles. The molecule has 0 spiro atoms. The first-order chi connectivity index (χ1) is 10.5. The molecule has 2 aliphatic rings. The van der Waals surface area contributed by atoms with E-state index in [4.69, 9.17) is 14.2 Å². The largest absolute Gasteiger partial charge is 0.463 e. The summed E-state index contributed by atoms with van der Waals surface area (Å²) in [5, 5.41) is 0.614. The van der Waals surface area contributed by atoms with Crippen LogP contribution in [-0.2, 0) is 23.8 Å². The average molecular weight is 328 g/mol. The molecule has 1 saturated carbocycles. The maximum atomic E-state index is 11.2. The first-order valence-electron chi connectivity index (χ1n) is 7.84. The molecular formula is C16H24O5S. The van der Waals surface area contributed by atoms with Crippen molar-refractivity contribution in [2.45, 2.75) is 68.8 Å². The lowest BCUT2D eigenvalue weighted by Crippen LogP contribution is -2.41. The quantitative estimate of drug-likeness (QED) is 0.571. The lowest BCUT2D eigenvalue weighted by Gasteiger charge is -2.33. The molecule has 5 nitrogen and oxygen atoms in total. The molecule has 0 aromatic heterocycles. The van der Waals surface area contributed by atoms with Gasteiger partial charge in [0.15, 0.2) is 0 Å². The summed E-state index contributed by atoms with van der Waals surface area (Å²) in [5.74, 6) is -0.735. The van der Waals surface area contributed by atoms with E-state index >= 15 is 0 Å². The van der Waals surface area contributed by atoms with Gasteiger partial charge in [0.05, 0.1) is 0 Å². The second-order valence-corrected chi connectivity index (χ2v) is 7.10. The van der Waals surface area contributed by atoms with Gasteiger partial charge in [-0.05, 0) is 25.0 Å². The maximum absolute atomic E-state index is 11.2. The zero-order valence-corrected chi connectivity index (χ0v) is 14.0. The van der Waals surface area contributed by atoms with Crippen LogP contribution < -0.4 is 0 Å². The van der Waals surface area contributed by atoms with Gasteiger partial charge in [0.2, 0.25) is 0 Å². The zero-order chi connectivity index (χ0) is 15.9. The first kappa shape index (κ1) is 17.3. The summed E-state index contributed by atoms with van der Waals surface area (Å²) in [5.41, 5.74) is -0.0736. The van der Waals surface area contributed by atoms with Crippen LogP contribution in [0.5, 0.6) is 0 Å². The molecule has 0 bridgehead atoms. The van der Waals surface area contributed by atoms with E-state index < -0.39 is 12.2 Å². The molecule has 1 fully saturated rings. The second-order valence-electron chi connectivity index (χ2n) is 5.70. The van der Waals surface area contributed by atoms with E-state index in [0.717, 1.165) is 0 Å². The summed E-state index contributed by atoms with van der Waals surface area (Å²) in [4.78, 5) is 22.2. The minimum atomic E-state index is -0.500. The normalized spacial score (nSPS) is 29.1. The summed E-state index contributed by atoms with van der Waals surface area (Å²) in [6, 6.07) is 0. The van der Waals surface area contributed by atoms with E-state index in [9.17, 15) is 9.59 Å². The molecule has 6 heteroatoms. The van der Waals surface area contributed by atoms with Crippen molar-refractivity contribution in [3.63, 3.8) is 0 Å². The van der Waals surface area contributed by atoms with Crippen molar-refractivity contribution in [1.29, 1.82) is 0 Å². The fourth-order valence-corrected chi connectivity index (χ4v) is 4.10. The highest BCUT2D eigenvalue weighted by molar-refractivity contribution is 8.00. The first-order valence-corrected chi connectivity index (χ1v) is 8.78.